The zero-order valence-corrected chi connectivity index (χ0v) is 18.0. The Balaban J connectivity index is 0.00000225. The predicted molar refractivity (Wildman–Crippen MR) is 126 cm³/mol. The van der Waals surface area contributed by atoms with Crippen molar-refractivity contribution in [2.45, 2.75) is 12.5 Å². The summed E-state index contributed by atoms with van der Waals surface area (Å²) in [6, 6.07) is 22.7. The summed E-state index contributed by atoms with van der Waals surface area (Å²) in [5, 5.41) is 22.5. The number of aromatic carboxylic acids is 1. The van der Waals surface area contributed by atoms with Gasteiger partial charge < -0.3 is 21.3 Å². The molecule has 0 saturated carbocycles. The van der Waals surface area contributed by atoms with E-state index >= 15 is 0 Å². The number of nitrogens with two attached hydrogens (primary N) is 1. The van der Waals surface area contributed by atoms with Gasteiger partial charge >= 0.3 is 5.97 Å². The number of nitrogen functional groups attached to an aromatic ring is 1. The number of hydrogen-bond donors (Lipinski definition) is 4. The van der Waals surface area contributed by atoms with Crippen LogP contribution in [0.25, 0.3) is 11.1 Å². The summed E-state index contributed by atoms with van der Waals surface area (Å²) in [5.74, 6) is -1.02. The van der Waals surface area contributed by atoms with Crippen molar-refractivity contribution in [3.8, 4) is 11.1 Å². The molecule has 1 atom stereocenters. The van der Waals surface area contributed by atoms with Crippen LogP contribution in [0.1, 0.15) is 27.6 Å². The number of hydrogen-bond acceptors (Lipinski definition) is 4. The van der Waals surface area contributed by atoms with Gasteiger partial charge in [0, 0.05) is 12.2 Å². The molecule has 5 nitrogen and oxygen atoms in total. The van der Waals surface area contributed by atoms with E-state index in [1.165, 1.54) is 11.6 Å². The van der Waals surface area contributed by atoms with Gasteiger partial charge in [-0.05, 0) is 47.4 Å². The normalized spacial score (nSPS) is 11.1. The molecule has 30 heavy (non-hydrogen) atoms. The van der Waals surface area contributed by atoms with Crippen LogP contribution in [-0.2, 0) is 6.42 Å². The van der Waals surface area contributed by atoms with Gasteiger partial charge in [0.2, 0.25) is 0 Å². The molecule has 0 saturated heterocycles. The molecule has 3 aromatic rings. The fourth-order valence-electron chi connectivity index (χ4n) is 3.07. The van der Waals surface area contributed by atoms with Gasteiger partial charge in [0.15, 0.2) is 0 Å². The maximum Gasteiger partial charge on any atom is 0.337 e. The van der Waals surface area contributed by atoms with Crippen molar-refractivity contribution in [3.63, 3.8) is 0 Å². The number of aliphatic hydroxyl groups excluding tert-OH is 1. The molecule has 3 aromatic carbocycles. The molecule has 3 rings (SSSR count). The van der Waals surface area contributed by atoms with Crippen LogP contribution in [0, 0.1) is 0 Å². The molecule has 0 heterocycles. The predicted octanol–water partition coefficient (Wildman–Crippen LogP) is 4.34. The van der Waals surface area contributed by atoms with Crippen LogP contribution in [-0.4, -0.2) is 29.3 Å². The summed E-state index contributed by atoms with van der Waals surface area (Å²) in [6.45, 7) is 1.28. The maximum absolute atomic E-state index is 11.1. The van der Waals surface area contributed by atoms with Crippen molar-refractivity contribution in [1.29, 1.82) is 0 Å². The van der Waals surface area contributed by atoms with Gasteiger partial charge in [-0.3, -0.25) is 0 Å². The monoisotopic (exact) mass is 448 g/mol. The first-order valence-electron chi connectivity index (χ1n) is 9.20. The molecular weight excluding hydrogens is 423 g/mol. The largest absolute Gasteiger partial charge is 0.478 e. The van der Waals surface area contributed by atoms with Crippen LogP contribution in [0.15, 0.2) is 72.8 Å². The Labute approximate surface area is 188 Å². The zero-order chi connectivity index (χ0) is 19.9. The Morgan fingerprint density at radius 3 is 2.17 bits per heavy atom. The number of rotatable bonds is 8. The molecule has 0 aliphatic heterocycles. The van der Waals surface area contributed by atoms with E-state index in [1.54, 1.807) is 12.1 Å². The third kappa shape index (κ3) is 6.75. The van der Waals surface area contributed by atoms with Gasteiger partial charge in [-0.2, -0.15) is 0 Å². The third-order valence-corrected chi connectivity index (χ3v) is 4.68. The number of anilines is 1. The zero-order valence-electron chi connectivity index (χ0n) is 16.3. The minimum absolute atomic E-state index is 0. The van der Waals surface area contributed by atoms with Gasteiger partial charge in [-0.1, -0.05) is 60.7 Å². The summed E-state index contributed by atoms with van der Waals surface area (Å²) in [7, 11) is 0. The van der Waals surface area contributed by atoms with E-state index in [4.69, 9.17) is 10.8 Å². The maximum atomic E-state index is 11.1. The topological polar surface area (TPSA) is 95.6 Å². The summed E-state index contributed by atoms with van der Waals surface area (Å²) < 4.78 is 0. The Morgan fingerprint density at radius 1 is 0.933 bits per heavy atom. The highest BCUT2D eigenvalue weighted by atomic mass is 35.5. The molecular formula is C23H26Cl2N2O3. The Hall–Kier alpha value is -2.57. The van der Waals surface area contributed by atoms with Gasteiger partial charge in [0.1, 0.15) is 0 Å². The lowest BCUT2D eigenvalue weighted by Crippen LogP contribution is -2.23. The van der Waals surface area contributed by atoms with E-state index in [9.17, 15) is 9.90 Å². The lowest BCUT2D eigenvalue weighted by molar-refractivity contribution is 0.0698. The highest BCUT2D eigenvalue weighted by molar-refractivity contribution is 5.94. The third-order valence-electron chi connectivity index (χ3n) is 4.68. The molecule has 0 unspecified atom stereocenters. The SMILES string of the molecule is Cl.Cl.Nc1cc(-c2ccc(CCNC[C@@H](O)c3ccccc3)cc2)ccc1C(=O)O. The minimum atomic E-state index is -1.02. The molecule has 0 aromatic heterocycles. The standard InChI is InChI=1S/C23H24N2O3.2ClH/c24-21-14-19(10-11-20(21)23(27)28)17-8-6-16(7-9-17)12-13-25-15-22(26)18-4-2-1-3-5-18;;/h1-11,14,22,25-26H,12-13,15,24H2,(H,27,28);2*1H/t22-;;/m1../s1. The van der Waals surface area contributed by atoms with Crippen molar-refractivity contribution in [3.05, 3.63) is 89.5 Å². The molecule has 5 N–H and O–H groups in total. The summed E-state index contributed by atoms with van der Waals surface area (Å²) in [4.78, 5) is 11.1. The fourth-order valence-corrected chi connectivity index (χ4v) is 3.07. The van der Waals surface area contributed by atoms with E-state index in [1.807, 2.05) is 54.6 Å². The van der Waals surface area contributed by atoms with Gasteiger partial charge in [-0.25, -0.2) is 4.79 Å². The first-order valence-corrected chi connectivity index (χ1v) is 9.20. The molecule has 7 heteroatoms. The van der Waals surface area contributed by atoms with Crippen LogP contribution in [0.4, 0.5) is 5.69 Å². The van der Waals surface area contributed by atoms with Crippen molar-refractivity contribution in [2.24, 2.45) is 0 Å². The van der Waals surface area contributed by atoms with Gasteiger partial charge in [0.05, 0.1) is 11.7 Å². The number of carboxylic acid groups (broad SMARTS) is 1. The van der Waals surface area contributed by atoms with Crippen molar-refractivity contribution in [2.75, 3.05) is 18.8 Å². The first-order chi connectivity index (χ1) is 13.5. The van der Waals surface area contributed by atoms with E-state index in [2.05, 4.69) is 5.32 Å². The van der Waals surface area contributed by atoms with Crippen molar-refractivity contribution < 1.29 is 15.0 Å². The molecule has 0 spiro atoms. The van der Waals surface area contributed by atoms with Crippen LogP contribution >= 0.6 is 24.8 Å². The highest BCUT2D eigenvalue weighted by Gasteiger charge is 2.09. The summed E-state index contributed by atoms with van der Waals surface area (Å²) in [5.41, 5.74) is 10.2. The van der Waals surface area contributed by atoms with E-state index in [0.717, 1.165) is 29.7 Å². The molecule has 0 aliphatic rings. The number of halogens is 2. The van der Waals surface area contributed by atoms with Crippen LogP contribution < -0.4 is 11.1 Å². The van der Waals surface area contributed by atoms with Crippen molar-refractivity contribution >= 4 is 36.5 Å². The Kier molecular flexibility index (Phi) is 10.4. The number of carbonyl (C=O) groups is 1. The minimum Gasteiger partial charge on any atom is -0.478 e. The number of carboxylic acids is 1. The van der Waals surface area contributed by atoms with Gasteiger partial charge in [0.25, 0.3) is 0 Å². The summed E-state index contributed by atoms with van der Waals surface area (Å²) >= 11 is 0. The second-order valence-corrected chi connectivity index (χ2v) is 6.68. The molecule has 0 aliphatic carbocycles. The lowest BCUT2D eigenvalue weighted by atomic mass is 10.0. The quantitative estimate of drug-likeness (QED) is 0.303. The van der Waals surface area contributed by atoms with E-state index < -0.39 is 12.1 Å². The number of nitrogens with one attached hydrogen (secondary N) is 1. The van der Waals surface area contributed by atoms with Crippen LogP contribution in [0.3, 0.4) is 0 Å². The van der Waals surface area contributed by atoms with E-state index in [0.29, 0.717) is 6.54 Å². The lowest BCUT2D eigenvalue weighted by Gasteiger charge is -2.12. The molecule has 0 bridgehead atoms. The number of benzene rings is 3. The smallest absolute Gasteiger partial charge is 0.337 e. The fraction of sp³-hybridized carbons (Fsp3) is 0.174. The number of aliphatic hydroxyl groups is 1. The van der Waals surface area contributed by atoms with Crippen LogP contribution in [0.5, 0.6) is 0 Å². The van der Waals surface area contributed by atoms with Crippen LogP contribution in [0.2, 0.25) is 0 Å². The highest BCUT2D eigenvalue weighted by Crippen LogP contribution is 2.24. The average Bonchev–Trinajstić information content (AvgIpc) is 2.72. The summed E-state index contributed by atoms with van der Waals surface area (Å²) in [6.07, 6.45) is 0.338. The Bertz CT molecular complexity index is 935. The van der Waals surface area contributed by atoms with Crippen molar-refractivity contribution in [1.82, 2.24) is 5.32 Å². The molecule has 0 radical (unpaired) electrons. The van der Waals surface area contributed by atoms with E-state index in [-0.39, 0.29) is 36.1 Å². The Morgan fingerprint density at radius 2 is 1.57 bits per heavy atom. The second kappa shape index (κ2) is 12.2. The second-order valence-electron chi connectivity index (χ2n) is 6.68. The average molecular weight is 449 g/mol. The molecule has 0 amide bonds. The molecule has 0 fully saturated rings. The first kappa shape index (κ1) is 25.5. The van der Waals surface area contributed by atoms with Gasteiger partial charge in [-0.15, -0.1) is 24.8 Å². The molecule has 160 valence electrons.